The molecule has 0 spiro atoms. The number of rotatable bonds is 5. The molecule has 1 aromatic carbocycles. The second-order valence-electron chi connectivity index (χ2n) is 8.48. The number of nitrogens with zero attached hydrogens (tertiary/aromatic N) is 5. The fourth-order valence-corrected chi connectivity index (χ4v) is 4.69. The number of amides is 1. The summed E-state index contributed by atoms with van der Waals surface area (Å²) in [6.45, 7) is 3.77. The molecule has 2 aliphatic rings. The van der Waals surface area contributed by atoms with Crippen molar-refractivity contribution in [3.05, 3.63) is 48.3 Å². The molecule has 1 N–H and O–H groups in total. The fourth-order valence-electron chi connectivity index (χ4n) is 4.69. The van der Waals surface area contributed by atoms with Gasteiger partial charge in [-0.15, -0.1) is 0 Å². The van der Waals surface area contributed by atoms with Gasteiger partial charge in [0.2, 0.25) is 0 Å². The maximum absolute atomic E-state index is 14.6. The third-order valence-corrected chi connectivity index (χ3v) is 6.39. The summed E-state index contributed by atoms with van der Waals surface area (Å²) < 4.78 is 19.8. The van der Waals surface area contributed by atoms with E-state index in [0.29, 0.717) is 49.6 Å². The lowest BCUT2D eigenvalue weighted by molar-refractivity contribution is -0.0786. The van der Waals surface area contributed by atoms with Crippen molar-refractivity contribution in [2.24, 2.45) is 0 Å². The summed E-state index contributed by atoms with van der Waals surface area (Å²) in [7, 11) is 1.52. The van der Waals surface area contributed by atoms with Crippen molar-refractivity contribution in [2.45, 2.75) is 50.8 Å². The van der Waals surface area contributed by atoms with Crippen LogP contribution in [0.4, 0.5) is 10.1 Å². The molecule has 1 aromatic heterocycles. The van der Waals surface area contributed by atoms with E-state index in [2.05, 4.69) is 15.0 Å². The lowest BCUT2D eigenvalue weighted by atomic mass is 9.92. The Hall–Kier alpha value is -2.78. The minimum atomic E-state index is -0.319. The summed E-state index contributed by atoms with van der Waals surface area (Å²) in [5.74, 6) is 0.00365. The Morgan fingerprint density at radius 3 is 2.62 bits per heavy atom. The van der Waals surface area contributed by atoms with Crippen LogP contribution in [0.2, 0.25) is 0 Å². The predicted octanol–water partition coefficient (Wildman–Crippen LogP) is 2.50. The lowest BCUT2D eigenvalue weighted by Crippen LogP contribution is -2.63. The molecule has 1 atom stereocenters. The molecule has 2 aromatic rings. The van der Waals surface area contributed by atoms with Crippen LogP contribution in [0.15, 0.2) is 36.8 Å². The highest BCUT2D eigenvalue weighted by atomic mass is 19.1. The Bertz CT molecular complexity index is 923. The second-order valence-corrected chi connectivity index (χ2v) is 8.48. The standard InChI is InChI=1S/C23H30FN5O3/c1-16-14-27(22-8-7-19(32-2)13-20(22)24)11-12-28(16)29(17-3-5-18(30)6-4-17)23(31)21-9-10-25-15-26-21/h7-10,13,15-18,30H,3-6,11-12,14H2,1-2H3/t16-,17?,18?/m1/s1. The van der Waals surface area contributed by atoms with Crippen LogP contribution in [0.25, 0.3) is 0 Å². The number of aliphatic hydroxyl groups excluding tert-OH is 1. The van der Waals surface area contributed by atoms with Crippen molar-refractivity contribution in [1.29, 1.82) is 0 Å². The van der Waals surface area contributed by atoms with E-state index in [1.54, 1.807) is 24.4 Å². The first-order valence-electron chi connectivity index (χ1n) is 11.1. The third kappa shape index (κ3) is 4.68. The summed E-state index contributed by atoms with van der Waals surface area (Å²) >= 11 is 0. The summed E-state index contributed by atoms with van der Waals surface area (Å²) in [6, 6.07) is 6.48. The molecule has 2 fully saturated rings. The molecule has 0 radical (unpaired) electrons. The van der Waals surface area contributed by atoms with Gasteiger partial charge in [-0.2, -0.15) is 0 Å². The van der Waals surface area contributed by atoms with Crippen molar-refractivity contribution >= 4 is 11.6 Å². The van der Waals surface area contributed by atoms with E-state index in [1.165, 1.54) is 19.5 Å². The number of ether oxygens (including phenoxy) is 1. The number of hydrogen-bond donors (Lipinski definition) is 1. The number of hydrogen-bond acceptors (Lipinski definition) is 7. The first-order chi connectivity index (χ1) is 15.5. The Balaban J connectivity index is 1.55. The average molecular weight is 444 g/mol. The SMILES string of the molecule is COc1ccc(N2CCN(N(C(=O)c3ccncn3)C3CCC(O)CC3)[C@H](C)C2)c(F)c1. The number of methoxy groups -OCH3 is 1. The smallest absolute Gasteiger partial charge is 0.287 e. The lowest BCUT2D eigenvalue weighted by Gasteiger charge is -2.49. The normalized spacial score (nSPS) is 24.2. The van der Waals surface area contributed by atoms with E-state index in [0.717, 1.165) is 12.8 Å². The quantitative estimate of drug-likeness (QED) is 0.760. The van der Waals surface area contributed by atoms with Crippen molar-refractivity contribution in [3.8, 4) is 5.75 Å². The van der Waals surface area contributed by atoms with Gasteiger partial charge in [-0.05, 0) is 50.8 Å². The number of aliphatic hydroxyl groups is 1. The summed E-state index contributed by atoms with van der Waals surface area (Å²) in [4.78, 5) is 23.6. The van der Waals surface area contributed by atoms with Crippen LogP contribution >= 0.6 is 0 Å². The van der Waals surface area contributed by atoms with Crippen molar-refractivity contribution < 1.29 is 19.0 Å². The number of halogens is 1. The van der Waals surface area contributed by atoms with Crippen LogP contribution in [0, 0.1) is 5.82 Å². The molecule has 0 bridgehead atoms. The zero-order valence-corrected chi connectivity index (χ0v) is 18.5. The number of carbonyl (C=O) groups is 1. The van der Waals surface area contributed by atoms with E-state index >= 15 is 0 Å². The van der Waals surface area contributed by atoms with Crippen LogP contribution in [-0.2, 0) is 0 Å². The van der Waals surface area contributed by atoms with E-state index in [4.69, 9.17) is 4.74 Å². The maximum atomic E-state index is 14.6. The van der Waals surface area contributed by atoms with E-state index in [1.807, 2.05) is 16.8 Å². The zero-order valence-electron chi connectivity index (χ0n) is 18.5. The molecule has 1 amide bonds. The largest absolute Gasteiger partial charge is 0.497 e. The van der Waals surface area contributed by atoms with Crippen molar-refractivity contribution in [3.63, 3.8) is 0 Å². The zero-order chi connectivity index (χ0) is 22.7. The van der Waals surface area contributed by atoms with Gasteiger partial charge in [0.1, 0.15) is 23.6 Å². The fraction of sp³-hybridized carbons (Fsp3) is 0.522. The summed E-state index contributed by atoms with van der Waals surface area (Å²) in [5.41, 5.74) is 0.883. The van der Waals surface area contributed by atoms with Crippen LogP contribution < -0.4 is 9.64 Å². The van der Waals surface area contributed by atoms with Gasteiger partial charge in [0.15, 0.2) is 0 Å². The number of piperazine rings is 1. The third-order valence-electron chi connectivity index (χ3n) is 6.39. The molecule has 4 rings (SSSR count). The predicted molar refractivity (Wildman–Crippen MR) is 118 cm³/mol. The minimum Gasteiger partial charge on any atom is -0.497 e. The second kappa shape index (κ2) is 9.79. The molecule has 8 nitrogen and oxygen atoms in total. The van der Waals surface area contributed by atoms with Crippen LogP contribution in [-0.4, -0.2) is 75.9 Å². The Morgan fingerprint density at radius 1 is 1.22 bits per heavy atom. The first kappa shape index (κ1) is 22.4. The van der Waals surface area contributed by atoms with Gasteiger partial charge >= 0.3 is 0 Å². The van der Waals surface area contributed by atoms with Crippen LogP contribution in [0.1, 0.15) is 43.1 Å². The molecular weight excluding hydrogens is 413 g/mol. The van der Waals surface area contributed by atoms with Gasteiger partial charge in [0.25, 0.3) is 5.91 Å². The Morgan fingerprint density at radius 2 is 2.00 bits per heavy atom. The highest BCUT2D eigenvalue weighted by molar-refractivity contribution is 5.92. The van der Waals surface area contributed by atoms with Gasteiger partial charge in [0, 0.05) is 44.0 Å². The Labute approximate surface area is 187 Å². The van der Waals surface area contributed by atoms with Gasteiger partial charge in [0.05, 0.1) is 18.9 Å². The first-order valence-corrected chi connectivity index (χ1v) is 11.1. The monoisotopic (exact) mass is 443 g/mol. The average Bonchev–Trinajstić information content (AvgIpc) is 2.81. The molecule has 1 aliphatic carbocycles. The number of benzene rings is 1. The molecule has 1 saturated heterocycles. The minimum absolute atomic E-state index is 0.00686. The van der Waals surface area contributed by atoms with E-state index in [-0.39, 0.29) is 29.9 Å². The molecule has 1 saturated carbocycles. The molecule has 32 heavy (non-hydrogen) atoms. The topological polar surface area (TPSA) is 82.0 Å². The number of anilines is 1. The number of carbonyl (C=O) groups excluding carboxylic acids is 1. The molecule has 9 heteroatoms. The highest BCUT2D eigenvalue weighted by Crippen LogP contribution is 2.30. The summed E-state index contributed by atoms with van der Waals surface area (Å²) in [5, 5.41) is 13.9. The molecule has 0 unspecified atom stereocenters. The maximum Gasteiger partial charge on any atom is 0.287 e. The van der Waals surface area contributed by atoms with Gasteiger partial charge in [-0.3, -0.25) is 9.80 Å². The van der Waals surface area contributed by atoms with Gasteiger partial charge in [-0.1, -0.05) is 0 Å². The van der Waals surface area contributed by atoms with Crippen molar-refractivity contribution in [1.82, 2.24) is 20.0 Å². The Kier molecular flexibility index (Phi) is 6.86. The number of aromatic nitrogens is 2. The van der Waals surface area contributed by atoms with E-state index < -0.39 is 0 Å². The van der Waals surface area contributed by atoms with Crippen molar-refractivity contribution in [2.75, 3.05) is 31.6 Å². The molecular formula is C23H30FN5O3. The van der Waals surface area contributed by atoms with Crippen LogP contribution in [0.3, 0.4) is 0 Å². The molecule has 1 aliphatic heterocycles. The highest BCUT2D eigenvalue weighted by Gasteiger charge is 2.38. The van der Waals surface area contributed by atoms with Gasteiger partial charge in [-0.25, -0.2) is 19.4 Å². The molecule has 2 heterocycles. The number of hydrazine groups is 1. The summed E-state index contributed by atoms with van der Waals surface area (Å²) in [6.07, 6.45) is 5.44. The van der Waals surface area contributed by atoms with E-state index in [9.17, 15) is 14.3 Å². The van der Waals surface area contributed by atoms with Gasteiger partial charge < -0.3 is 14.7 Å². The molecule has 172 valence electrons. The van der Waals surface area contributed by atoms with Crippen LogP contribution in [0.5, 0.6) is 5.75 Å².